The summed E-state index contributed by atoms with van der Waals surface area (Å²) in [7, 11) is -3.47. The number of rotatable bonds is 7. The van der Waals surface area contributed by atoms with Crippen molar-refractivity contribution in [3.05, 3.63) is 93.0 Å². The minimum absolute atomic E-state index is 0.00759. The van der Waals surface area contributed by atoms with Gasteiger partial charge in [-0.05, 0) is 30.7 Å². The molecule has 3 aromatic rings. The molecule has 9 nitrogen and oxygen atoms in total. The fourth-order valence-corrected chi connectivity index (χ4v) is 4.82. The standard InChI is InChI=1S/C25H21ClF4N3O6P/c1-12-16-4-3-13(24(34)31-10-17-20(28)6-14(27)7-21(17)29)5-23(16)33(25(35)32(12)2)11-18-19(26)8-15(9-22(18)30)39-40(36,37)38/h3-9,12H,10-11H2,1-2H3,(H,31,34)(H2,36,37,38)/t12-/m0/s1. The Balaban J connectivity index is 1.65. The zero-order valence-electron chi connectivity index (χ0n) is 20.8. The summed E-state index contributed by atoms with van der Waals surface area (Å²) in [6.45, 7) is 0.718. The lowest BCUT2D eigenvalue weighted by molar-refractivity contribution is 0.0950. The van der Waals surface area contributed by atoms with E-state index >= 15 is 0 Å². The van der Waals surface area contributed by atoms with Crippen molar-refractivity contribution in [1.82, 2.24) is 10.2 Å². The number of anilines is 1. The van der Waals surface area contributed by atoms with E-state index in [4.69, 9.17) is 21.4 Å². The summed E-state index contributed by atoms with van der Waals surface area (Å²) >= 11 is 6.17. The summed E-state index contributed by atoms with van der Waals surface area (Å²) in [6, 6.07) is 6.00. The van der Waals surface area contributed by atoms with E-state index in [9.17, 15) is 31.7 Å². The van der Waals surface area contributed by atoms with Crippen LogP contribution in [0.5, 0.6) is 5.75 Å². The van der Waals surface area contributed by atoms with Gasteiger partial charge in [-0.15, -0.1) is 0 Å². The molecule has 1 aliphatic heterocycles. The number of carbonyl (C=O) groups is 2. The lowest BCUT2D eigenvalue weighted by atomic mass is 9.98. The van der Waals surface area contributed by atoms with Crippen molar-refractivity contribution in [3.8, 4) is 5.75 Å². The highest BCUT2D eigenvalue weighted by molar-refractivity contribution is 7.46. The lowest BCUT2D eigenvalue weighted by Gasteiger charge is -2.40. The summed E-state index contributed by atoms with van der Waals surface area (Å²) in [5, 5.41) is 2.07. The molecule has 3 N–H and O–H groups in total. The van der Waals surface area contributed by atoms with E-state index in [-0.39, 0.29) is 21.8 Å². The summed E-state index contributed by atoms with van der Waals surface area (Å²) < 4.78 is 71.6. The smallest absolute Gasteiger partial charge is 0.404 e. The van der Waals surface area contributed by atoms with Crippen molar-refractivity contribution < 1.29 is 46.0 Å². The highest BCUT2D eigenvalue weighted by Crippen LogP contribution is 2.41. The molecule has 0 saturated heterocycles. The molecular weight excluding hydrogens is 581 g/mol. The Morgan fingerprint density at radius 1 is 1.05 bits per heavy atom. The van der Waals surface area contributed by atoms with Crippen LogP contribution in [0.4, 0.5) is 28.0 Å². The number of phosphoric acid groups is 1. The number of phosphoric ester groups is 1. The van der Waals surface area contributed by atoms with Crippen molar-refractivity contribution in [1.29, 1.82) is 0 Å². The number of fused-ring (bicyclic) bond motifs is 1. The Labute approximate surface area is 230 Å². The van der Waals surface area contributed by atoms with Crippen LogP contribution in [-0.4, -0.2) is 33.7 Å². The molecule has 1 atom stereocenters. The van der Waals surface area contributed by atoms with Gasteiger partial charge in [0.2, 0.25) is 0 Å². The molecule has 0 bridgehead atoms. The van der Waals surface area contributed by atoms with Gasteiger partial charge in [-0.25, -0.2) is 26.9 Å². The molecule has 3 amide bonds. The number of hydrogen-bond donors (Lipinski definition) is 3. The third-order valence-electron chi connectivity index (χ3n) is 6.33. The van der Waals surface area contributed by atoms with Crippen molar-refractivity contribution in [2.75, 3.05) is 11.9 Å². The third kappa shape index (κ3) is 6.07. The number of nitrogens with zero attached hydrogens (tertiary/aromatic N) is 2. The zero-order chi connectivity index (χ0) is 29.5. The molecular formula is C25H21ClF4N3O6P. The first-order valence-corrected chi connectivity index (χ1v) is 13.4. The topological polar surface area (TPSA) is 119 Å². The van der Waals surface area contributed by atoms with Gasteiger partial charge in [-0.1, -0.05) is 17.7 Å². The predicted octanol–water partition coefficient (Wildman–Crippen LogP) is 5.43. The van der Waals surface area contributed by atoms with Gasteiger partial charge in [0.25, 0.3) is 5.91 Å². The summed E-state index contributed by atoms with van der Waals surface area (Å²) in [5.74, 6) is -5.74. The molecule has 0 radical (unpaired) electrons. The van der Waals surface area contributed by atoms with Crippen LogP contribution in [0.25, 0.3) is 0 Å². The second kappa shape index (κ2) is 11.1. The maximum Gasteiger partial charge on any atom is 0.524 e. The Morgan fingerprint density at radius 3 is 2.27 bits per heavy atom. The second-order valence-electron chi connectivity index (χ2n) is 8.91. The van der Waals surface area contributed by atoms with Crippen LogP contribution in [0.3, 0.4) is 0 Å². The van der Waals surface area contributed by atoms with Gasteiger partial charge < -0.3 is 14.7 Å². The van der Waals surface area contributed by atoms with Crippen molar-refractivity contribution in [2.45, 2.75) is 26.1 Å². The van der Waals surface area contributed by atoms with E-state index in [1.807, 2.05) is 0 Å². The normalized spacial score (nSPS) is 15.2. The van der Waals surface area contributed by atoms with E-state index in [2.05, 4.69) is 9.84 Å². The van der Waals surface area contributed by atoms with Crippen molar-refractivity contribution in [2.24, 2.45) is 0 Å². The first-order chi connectivity index (χ1) is 18.7. The number of urea groups is 1. The molecule has 40 heavy (non-hydrogen) atoms. The lowest BCUT2D eigenvalue weighted by Crippen LogP contribution is -2.46. The van der Waals surface area contributed by atoms with Gasteiger partial charge in [-0.3, -0.25) is 19.5 Å². The minimum atomic E-state index is -4.99. The Hall–Kier alpha value is -3.64. The van der Waals surface area contributed by atoms with Crippen molar-refractivity contribution >= 4 is 37.0 Å². The average Bonchev–Trinajstić information content (AvgIpc) is 2.84. The fourth-order valence-electron chi connectivity index (χ4n) is 4.18. The molecule has 212 valence electrons. The maximum atomic E-state index is 15.0. The number of nitrogens with one attached hydrogen (secondary N) is 1. The van der Waals surface area contributed by atoms with Crippen LogP contribution < -0.4 is 14.7 Å². The van der Waals surface area contributed by atoms with E-state index in [1.165, 1.54) is 24.1 Å². The first kappa shape index (κ1) is 29.3. The van der Waals surface area contributed by atoms with Crippen LogP contribution >= 0.6 is 19.4 Å². The molecule has 0 saturated carbocycles. The molecule has 4 rings (SSSR count). The van der Waals surface area contributed by atoms with Crippen molar-refractivity contribution in [3.63, 3.8) is 0 Å². The number of hydrogen-bond acceptors (Lipinski definition) is 4. The quantitative estimate of drug-likeness (QED) is 0.245. The predicted molar refractivity (Wildman–Crippen MR) is 136 cm³/mol. The van der Waals surface area contributed by atoms with Crippen LogP contribution in [-0.2, 0) is 17.7 Å². The summed E-state index contributed by atoms with van der Waals surface area (Å²) in [4.78, 5) is 46.5. The third-order valence-corrected chi connectivity index (χ3v) is 7.12. The van der Waals surface area contributed by atoms with Crippen LogP contribution in [0.1, 0.15) is 40.0 Å². The Kier molecular flexibility index (Phi) is 8.13. The van der Waals surface area contributed by atoms with E-state index in [1.54, 1.807) is 13.0 Å². The van der Waals surface area contributed by atoms with Gasteiger partial charge in [0.1, 0.15) is 29.0 Å². The van der Waals surface area contributed by atoms with E-state index < -0.39 is 73.5 Å². The van der Waals surface area contributed by atoms with Gasteiger partial charge in [0, 0.05) is 48.5 Å². The van der Waals surface area contributed by atoms with Crippen LogP contribution in [0.15, 0.2) is 42.5 Å². The molecule has 0 fully saturated rings. The highest BCUT2D eigenvalue weighted by atomic mass is 35.5. The molecule has 1 aliphatic rings. The molecule has 0 spiro atoms. The summed E-state index contributed by atoms with van der Waals surface area (Å²) in [6.07, 6.45) is 0. The van der Waals surface area contributed by atoms with Crippen LogP contribution in [0, 0.1) is 23.3 Å². The molecule has 15 heteroatoms. The number of halogens is 5. The number of amides is 3. The SMILES string of the molecule is C[C@H]1c2ccc(C(=O)NCc3c(F)cc(F)cc3F)cc2N(Cc2c(F)cc(OP(=O)(O)O)cc2Cl)C(=O)N1C. The van der Waals surface area contributed by atoms with E-state index in [0.717, 1.165) is 11.0 Å². The fraction of sp³-hybridized carbons (Fsp3) is 0.200. The van der Waals surface area contributed by atoms with Gasteiger partial charge >= 0.3 is 13.9 Å². The molecule has 1 heterocycles. The van der Waals surface area contributed by atoms with Crippen LogP contribution in [0.2, 0.25) is 5.02 Å². The Morgan fingerprint density at radius 2 is 1.68 bits per heavy atom. The molecule has 0 aromatic heterocycles. The largest absolute Gasteiger partial charge is 0.524 e. The molecule has 0 unspecified atom stereocenters. The number of carbonyl (C=O) groups excluding carboxylic acids is 2. The van der Waals surface area contributed by atoms with Gasteiger partial charge in [0.15, 0.2) is 0 Å². The summed E-state index contributed by atoms with van der Waals surface area (Å²) in [5.41, 5.74) is 0.0870. The number of benzene rings is 3. The maximum absolute atomic E-state index is 15.0. The zero-order valence-corrected chi connectivity index (χ0v) is 22.4. The second-order valence-corrected chi connectivity index (χ2v) is 10.5. The highest BCUT2D eigenvalue weighted by Gasteiger charge is 2.35. The van der Waals surface area contributed by atoms with Gasteiger partial charge in [0.05, 0.1) is 23.3 Å². The molecule has 0 aliphatic carbocycles. The van der Waals surface area contributed by atoms with E-state index in [0.29, 0.717) is 23.8 Å². The monoisotopic (exact) mass is 601 g/mol. The molecule has 3 aromatic carbocycles. The Bertz CT molecular complexity index is 1520. The average molecular weight is 602 g/mol. The first-order valence-electron chi connectivity index (χ1n) is 11.5. The van der Waals surface area contributed by atoms with Gasteiger partial charge in [-0.2, -0.15) is 0 Å². The minimum Gasteiger partial charge on any atom is -0.404 e.